The number of carbonyl (C=O) groups is 1. The molecule has 98 valence electrons. The molecule has 0 aliphatic heterocycles. The molecule has 1 aromatic heterocycles. The number of carbonyl (C=O) groups excluding carboxylic acids is 1. The highest BCUT2D eigenvalue weighted by molar-refractivity contribution is 5.94. The molecule has 2 aromatic rings. The summed E-state index contributed by atoms with van der Waals surface area (Å²) >= 11 is 0. The second-order valence-corrected chi connectivity index (χ2v) is 3.83. The van der Waals surface area contributed by atoms with Gasteiger partial charge in [0.15, 0.2) is 5.82 Å². The maximum absolute atomic E-state index is 12.8. The van der Waals surface area contributed by atoms with E-state index in [9.17, 15) is 18.0 Å². The second-order valence-electron chi connectivity index (χ2n) is 3.83. The number of rotatable bonds is 3. The van der Waals surface area contributed by atoms with Gasteiger partial charge in [-0.15, -0.1) is 0 Å². The molecule has 0 bridgehead atoms. The first-order valence-corrected chi connectivity index (χ1v) is 5.44. The van der Waals surface area contributed by atoms with Crippen molar-refractivity contribution in [1.29, 1.82) is 0 Å². The van der Waals surface area contributed by atoms with Crippen LogP contribution in [-0.2, 0) is 12.6 Å². The van der Waals surface area contributed by atoms with Gasteiger partial charge in [-0.2, -0.15) is 13.2 Å². The van der Waals surface area contributed by atoms with Crippen molar-refractivity contribution < 1.29 is 18.0 Å². The zero-order chi connectivity index (χ0) is 13.9. The van der Waals surface area contributed by atoms with Gasteiger partial charge < -0.3 is 0 Å². The van der Waals surface area contributed by atoms with E-state index >= 15 is 0 Å². The fraction of sp³-hybridized carbons (Fsp3) is 0.154. The minimum absolute atomic E-state index is 0.0764. The molecule has 19 heavy (non-hydrogen) atoms. The van der Waals surface area contributed by atoms with Gasteiger partial charge >= 0.3 is 6.18 Å². The van der Waals surface area contributed by atoms with Gasteiger partial charge in [0.1, 0.15) is 0 Å². The summed E-state index contributed by atoms with van der Waals surface area (Å²) in [4.78, 5) is 19.3. The van der Waals surface area contributed by atoms with Gasteiger partial charge in [0.2, 0.25) is 5.78 Å². The van der Waals surface area contributed by atoms with Crippen molar-refractivity contribution >= 4 is 5.78 Å². The van der Waals surface area contributed by atoms with E-state index in [2.05, 4.69) is 9.97 Å². The van der Waals surface area contributed by atoms with E-state index in [1.165, 1.54) is 36.7 Å². The van der Waals surface area contributed by atoms with Crippen LogP contribution in [0.15, 0.2) is 42.7 Å². The number of hydrogen-bond acceptors (Lipinski definition) is 3. The molecule has 1 aromatic carbocycles. The molecule has 0 spiro atoms. The molecule has 1 heterocycles. The van der Waals surface area contributed by atoms with Crippen molar-refractivity contribution in [2.75, 3.05) is 0 Å². The average Bonchev–Trinajstić information content (AvgIpc) is 2.39. The van der Waals surface area contributed by atoms with Gasteiger partial charge in [0, 0.05) is 18.8 Å². The first kappa shape index (κ1) is 13.2. The lowest BCUT2D eigenvalue weighted by Crippen LogP contribution is -2.14. The molecule has 6 heteroatoms. The Morgan fingerprint density at radius 1 is 1.05 bits per heavy atom. The molecule has 0 N–H and O–H groups in total. The number of benzene rings is 1. The van der Waals surface area contributed by atoms with Crippen LogP contribution in [0, 0.1) is 0 Å². The Labute approximate surface area is 107 Å². The van der Waals surface area contributed by atoms with E-state index in [0.717, 1.165) is 6.07 Å². The molecule has 0 aliphatic rings. The molecule has 0 saturated carbocycles. The Balaban J connectivity index is 2.28. The van der Waals surface area contributed by atoms with E-state index in [0.29, 0.717) is 0 Å². The third kappa shape index (κ3) is 3.15. The largest absolute Gasteiger partial charge is 0.416 e. The van der Waals surface area contributed by atoms with Gasteiger partial charge in [-0.25, -0.2) is 9.97 Å². The molecule has 0 amide bonds. The van der Waals surface area contributed by atoms with Crippen molar-refractivity contribution in [3.63, 3.8) is 0 Å². The molecule has 0 saturated heterocycles. The predicted molar refractivity (Wildman–Crippen MR) is 61.5 cm³/mol. The topological polar surface area (TPSA) is 42.9 Å². The summed E-state index contributed by atoms with van der Waals surface area (Å²) in [5.41, 5.74) is -0.883. The van der Waals surface area contributed by atoms with Gasteiger partial charge in [-0.1, -0.05) is 18.2 Å². The van der Waals surface area contributed by atoms with Crippen LogP contribution in [0.2, 0.25) is 0 Å². The van der Waals surface area contributed by atoms with Gasteiger partial charge in [0.05, 0.1) is 5.56 Å². The number of Topliss-reactive ketones (excluding diaryl/α,β-unsaturated/α-hetero) is 1. The molecule has 2 rings (SSSR count). The first-order valence-electron chi connectivity index (χ1n) is 5.44. The SMILES string of the molecule is O=C(Cc1ccccc1C(F)(F)F)c1ncccn1. The normalized spacial score (nSPS) is 11.3. The van der Waals surface area contributed by atoms with Crippen LogP contribution in [0.25, 0.3) is 0 Å². The molecule has 0 radical (unpaired) electrons. The van der Waals surface area contributed by atoms with Crippen LogP contribution in [0.4, 0.5) is 13.2 Å². The Hall–Kier alpha value is -2.24. The van der Waals surface area contributed by atoms with Crippen LogP contribution in [0.5, 0.6) is 0 Å². The zero-order valence-electron chi connectivity index (χ0n) is 9.69. The van der Waals surface area contributed by atoms with Crippen molar-refractivity contribution in [1.82, 2.24) is 9.97 Å². The summed E-state index contributed by atoms with van der Waals surface area (Å²) in [6.07, 6.45) is -2.11. The van der Waals surface area contributed by atoms with Crippen LogP contribution in [-0.4, -0.2) is 15.8 Å². The van der Waals surface area contributed by atoms with Crippen LogP contribution < -0.4 is 0 Å². The predicted octanol–water partition coefficient (Wildman–Crippen LogP) is 2.92. The summed E-state index contributed by atoms with van der Waals surface area (Å²) in [6, 6.07) is 6.51. The molecule has 0 aliphatic carbocycles. The highest BCUT2D eigenvalue weighted by atomic mass is 19.4. The maximum atomic E-state index is 12.8. The summed E-state index contributed by atoms with van der Waals surface area (Å²) in [6.45, 7) is 0. The maximum Gasteiger partial charge on any atom is 0.416 e. The van der Waals surface area contributed by atoms with Gasteiger partial charge in [-0.05, 0) is 17.7 Å². The molecular weight excluding hydrogens is 257 g/mol. The summed E-state index contributed by atoms with van der Waals surface area (Å²) in [5, 5.41) is 0. The van der Waals surface area contributed by atoms with E-state index in [-0.39, 0.29) is 17.8 Å². The number of alkyl halides is 3. The molecule has 0 atom stereocenters. The van der Waals surface area contributed by atoms with E-state index < -0.39 is 17.5 Å². The molecule has 0 fully saturated rings. The minimum atomic E-state index is -4.48. The quantitative estimate of drug-likeness (QED) is 0.802. The van der Waals surface area contributed by atoms with Crippen LogP contribution >= 0.6 is 0 Å². The van der Waals surface area contributed by atoms with Crippen molar-refractivity contribution in [3.8, 4) is 0 Å². The highest BCUT2D eigenvalue weighted by Gasteiger charge is 2.33. The van der Waals surface area contributed by atoms with E-state index in [4.69, 9.17) is 0 Å². The Morgan fingerprint density at radius 2 is 1.68 bits per heavy atom. The third-order valence-electron chi connectivity index (χ3n) is 2.49. The summed E-state index contributed by atoms with van der Waals surface area (Å²) < 4.78 is 38.3. The third-order valence-corrected chi connectivity index (χ3v) is 2.49. The van der Waals surface area contributed by atoms with Gasteiger partial charge in [-0.3, -0.25) is 4.79 Å². The molecule has 3 nitrogen and oxygen atoms in total. The van der Waals surface area contributed by atoms with Crippen molar-refractivity contribution in [2.45, 2.75) is 12.6 Å². The Bertz CT molecular complexity index is 582. The lowest BCUT2D eigenvalue weighted by atomic mass is 10.0. The van der Waals surface area contributed by atoms with Gasteiger partial charge in [0.25, 0.3) is 0 Å². The minimum Gasteiger partial charge on any atom is -0.290 e. The summed E-state index contributed by atoms with van der Waals surface area (Å²) in [7, 11) is 0. The van der Waals surface area contributed by atoms with Crippen LogP contribution in [0.3, 0.4) is 0 Å². The lowest BCUT2D eigenvalue weighted by molar-refractivity contribution is -0.138. The number of ketones is 1. The highest BCUT2D eigenvalue weighted by Crippen LogP contribution is 2.32. The Morgan fingerprint density at radius 3 is 2.32 bits per heavy atom. The van der Waals surface area contributed by atoms with E-state index in [1.807, 2.05) is 0 Å². The fourth-order valence-corrected chi connectivity index (χ4v) is 1.65. The number of halogens is 3. The standard InChI is InChI=1S/C13H9F3N2O/c14-13(15,16)10-5-2-1-4-9(10)8-11(19)12-17-6-3-7-18-12/h1-7H,8H2. The van der Waals surface area contributed by atoms with Crippen molar-refractivity contribution in [3.05, 3.63) is 59.7 Å². The lowest BCUT2D eigenvalue weighted by Gasteiger charge is -2.11. The number of nitrogens with zero attached hydrogens (tertiary/aromatic N) is 2. The smallest absolute Gasteiger partial charge is 0.290 e. The number of aromatic nitrogens is 2. The number of hydrogen-bond donors (Lipinski definition) is 0. The molecule has 0 unspecified atom stereocenters. The molecular formula is C13H9F3N2O. The average molecular weight is 266 g/mol. The second kappa shape index (κ2) is 5.17. The Kier molecular flexibility index (Phi) is 3.59. The summed E-state index contributed by atoms with van der Waals surface area (Å²) in [5.74, 6) is -0.628. The monoisotopic (exact) mass is 266 g/mol. The van der Waals surface area contributed by atoms with Crippen molar-refractivity contribution in [2.24, 2.45) is 0 Å². The van der Waals surface area contributed by atoms with E-state index in [1.54, 1.807) is 0 Å². The van der Waals surface area contributed by atoms with Crippen LogP contribution in [0.1, 0.15) is 21.7 Å². The zero-order valence-corrected chi connectivity index (χ0v) is 9.69. The fourth-order valence-electron chi connectivity index (χ4n) is 1.65. The first-order chi connectivity index (χ1) is 8.98.